The van der Waals surface area contributed by atoms with Crippen LogP contribution >= 0.6 is 23.2 Å². The van der Waals surface area contributed by atoms with Gasteiger partial charge < -0.3 is 0 Å². The summed E-state index contributed by atoms with van der Waals surface area (Å²) in [7, 11) is 0. The molecule has 0 saturated carbocycles. The van der Waals surface area contributed by atoms with Crippen LogP contribution in [0.3, 0.4) is 0 Å². The van der Waals surface area contributed by atoms with E-state index in [0.29, 0.717) is 10.0 Å². The fourth-order valence-electron chi connectivity index (χ4n) is 2.37. The van der Waals surface area contributed by atoms with Crippen molar-refractivity contribution in [1.82, 2.24) is 0 Å². The van der Waals surface area contributed by atoms with Gasteiger partial charge in [0.15, 0.2) is 0 Å². The molecule has 1 aromatic heterocycles. The maximum absolute atomic E-state index is 6.23. The van der Waals surface area contributed by atoms with Crippen molar-refractivity contribution in [3.05, 3.63) is 57.7 Å². The van der Waals surface area contributed by atoms with Crippen LogP contribution in [0.2, 0.25) is 10.0 Å². The Morgan fingerprint density at radius 3 is 2.67 bits per heavy atom. The average Bonchev–Trinajstić information content (AvgIpc) is 2.38. The van der Waals surface area contributed by atoms with E-state index in [4.69, 9.17) is 23.2 Å². The summed E-state index contributed by atoms with van der Waals surface area (Å²) < 4.78 is 0. The van der Waals surface area contributed by atoms with Gasteiger partial charge in [0.1, 0.15) is 17.8 Å². The minimum absolute atomic E-state index is 0.626. The van der Waals surface area contributed by atoms with Crippen molar-refractivity contribution in [1.29, 1.82) is 0 Å². The van der Waals surface area contributed by atoms with Crippen LogP contribution in [0.4, 0.5) is 5.82 Å². The fraction of sp³-hybridized carbons (Fsp3) is 0.214. The third kappa shape index (κ3) is 2.18. The van der Waals surface area contributed by atoms with Gasteiger partial charge in [-0.05, 0) is 17.2 Å². The van der Waals surface area contributed by atoms with Crippen LogP contribution in [0.25, 0.3) is 0 Å². The van der Waals surface area contributed by atoms with E-state index in [2.05, 4.69) is 34.1 Å². The second-order valence-corrected chi connectivity index (χ2v) is 5.30. The third-order valence-electron chi connectivity index (χ3n) is 3.28. The second kappa shape index (κ2) is 4.79. The van der Waals surface area contributed by atoms with Gasteiger partial charge >= 0.3 is 0 Å². The number of benzene rings is 1. The first-order valence-electron chi connectivity index (χ1n) is 5.92. The van der Waals surface area contributed by atoms with E-state index in [0.717, 1.165) is 25.3 Å². The lowest BCUT2D eigenvalue weighted by Crippen LogP contribution is -2.34. The summed E-state index contributed by atoms with van der Waals surface area (Å²) in [5.74, 6) is 0.940. The Hall–Kier alpha value is -1.25. The Balaban J connectivity index is 1.92. The molecule has 0 aliphatic carbocycles. The number of pyridine rings is 1. The van der Waals surface area contributed by atoms with Crippen LogP contribution in [0.5, 0.6) is 0 Å². The highest BCUT2D eigenvalue weighted by atomic mass is 35.5. The topological polar surface area (TPSA) is 17.4 Å². The number of hydrogen-bond acceptors (Lipinski definition) is 1. The lowest BCUT2D eigenvalue weighted by molar-refractivity contribution is -0.364. The van der Waals surface area contributed by atoms with Crippen molar-refractivity contribution in [2.75, 3.05) is 11.4 Å². The van der Waals surface area contributed by atoms with Crippen LogP contribution in [-0.4, -0.2) is 6.54 Å². The van der Waals surface area contributed by atoms with Gasteiger partial charge in [-0.15, -0.1) is 0 Å². The highest BCUT2D eigenvalue weighted by Crippen LogP contribution is 2.27. The predicted molar refractivity (Wildman–Crippen MR) is 74.2 cm³/mol. The van der Waals surface area contributed by atoms with Gasteiger partial charge in [-0.1, -0.05) is 47.5 Å². The molecule has 0 unspecified atom stereocenters. The molecule has 1 aromatic carbocycles. The first kappa shape index (κ1) is 11.8. The Morgan fingerprint density at radius 2 is 1.89 bits per heavy atom. The zero-order chi connectivity index (χ0) is 12.5. The molecule has 1 aliphatic heterocycles. The summed E-state index contributed by atoms with van der Waals surface area (Å²) in [6.07, 6.45) is 2.81. The Morgan fingerprint density at radius 1 is 1.11 bits per heavy atom. The highest BCUT2D eigenvalue weighted by Gasteiger charge is 2.25. The molecule has 1 aliphatic rings. The van der Waals surface area contributed by atoms with E-state index in [1.165, 1.54) is 11.1 Å². The Bertz CT molecular complexity index is 584. The van der Waals surface area contributed by atoms with Gasteiger partial charge in [-0.25, -0.2) is 4.98 Å². The van der Waals surface area contributed by atoms with Crippen LogP contribution in [0.15, 0.2) is 36.5 Å². The van der Waals surface area contributed by atoms with Crippen molar-refractivity contribution in [3.8, 4) is 0 Å². The van der Waals surface area contributed by atoms with Crippen LogP contribution in [0.1, 0.15) is 11.1 Å². The summed E-state index contributed by atoms with van der Waals surface area (Å²) in [6.45, 7) is 1.85. The van der Waals surface area contributed by atoms with Gasteiger partial charge in [-0.3, -0.25) is 4.90 Å². The largest absolute Gasteiger partial charge is 0.293 e. The minimum Gasteiger partial charge on any atom is -0.256 e. The number of fused-ring (bicyclic) bond motifs is 1. The highest BCUT2D eigenvalue weighted by molar-refractivity contribution is 6.35. The molecule has 1 N–H and O–H groups in total. The zero-order valence-corrected chi connectivity index (χ0v) is 11.3. The maximum atomic E-state index is 6.23. The van der Waals surface area contributed by atoms with Gasteiger partial charge in [-0.2, -0.15) is 0 Å². The average molecular weight is 280 g/mol. The van der Waals surface area contributed by atoms with E-state index in [9.17, 15) is 0 Å². The van der Waals surface area contributed by atoms with E-state index < -0.39 is 0 Å². The second-order valence-electron chi connectivity index (χ2n) is 4.45. The Kier molecular flexibility index (Phi) is 3.14. The standard InChI is InChI=1S/C14H12Cl2N2/c15-12-7-13(16)14(17-8-12)18-6-5-10-3-1-2-4-11(10)9-18/h1-4,7-8H,5-6,9H2/p+1. The van der Waals surface area contributed by atoms with Crippen LogP contribution < -0.4 is 9.88 Å². The summed E-state index contributed by atoms with van der Waals surface area (Å²) in [5.41, 5.74) is 2.79. The number of H-pyrrole nitrogens is 1. The van der Waals surface area contributed by atoms with Gasteiger partial charge in [0, 0.05) is 6.42 Å². The lowest BCUT2D eigenvalue weighted by atomic mass is 10.00. The van der Waals surface area contributed by atoms with Crippen molar-refractivity contribution >= 4 is 29.0 Å². The summed E-state index contributed by atoms with van der Waals surface area (Å²) >= 11 is 12.1. The molecule has 2 heterocycles. The quantitative estimate of drug-likeness (QED) is 0.783. The van der Waals surface area contributed by atoms with E-state index in [1.54, 1.807) is 12.3 Å². The number of hydrogen-bond donors (Lipinski definition) is 0. The number of anilines is 1. The summed E-state index contributed by atoms with van der Waals surface area (Å²) in [4.78, 5) is 5.42. The number of nitrogens with zero attached hydrogens (tertiary/aromatic N) is 1. The number of halogens is 2. The molecule has 92 valence electrons. The molecule has 4 heteroatoms. The minimum atomic E-state index is 0.626. The fourth-order valence-corrected chi connectivity index (χ4v) is 2.88. The van der Waals surface area contributed by atoms with E-state index in [1.807, 2.05) is 0 Å². The summed E-state index contributed by atoms with van der Waals surface area (Å²) in [6, 6.07) is 10.3. The molecule has 18 heavy (non-hydrogen) atoms. The number of aromatic nitrogens is 1. The van der Waals surface area contributed by atoms with Crippen molar-refractivity contribution in [2.45, 2.75) is 13.0 Å². The zero-order valence-electron chi connectivity index (χ0n) is 9.79. The molecule has 0 amide bonds. The molecule has 2 aromatic rings. The molecule has 0 radical (unpaired) electrons. The Labute approximate surface area is 116 Å². The molecular formula is C14H13Cl2N2+. The van der Waals surface area contributed by atoms with E-state index in [-0.39, 0.29) is 0 Å². The molecule has 0 saturated heterocycles. The van der Waals surface area contributed by atoms with Crippen LogP contribution in [0, 0.1) is 0 Å². The normalized spacial score (nSPS) is 14.4. The van der Waals surface area contributed by atoms with E-state index >= 15 is 0 Å². The molecule has 2 nitrogen and oxygen atoms in total. The third-order valence-corrected chi connectivity index (χ3v) is 3.79. The first-order chi connectivity index (χ1) is 8.74. The molecule has 0 bridgehead atoms. The van der Waals surface area contributed by atoms with Crippen molar-refractivity contribution in [2.24, 2.45) is 0 Å². The molecule has 0 spiro atoms. The van der Waals surface area contributed by atoms with Gasteiger partial charge in [0.05, 0.1) is 11.6 Å². The number of aromatic amines is 1. The number of nitrogens with one attached hydrogen (secondary N) is 1. The lowest BCUT2D eigenvalue weighted by Gasteiger charge is -2.24. The molecule has 0 atom stereocenters. The van der Waals surface area contributed by atoms with Crippen molar-refractivity contribution in [3.63, 3.8) is 0 Å². The van der Waals surface area contributed by atoms with Crippen LogP contribution in [-0.2, 0) is 13.0 Å². The molecule has 3 rings (SSSR count). The van der Waals surface area contributed by atoms with Crippen molar-refractivity contribution < 1.29 is 4.98 Å². The van der Waals surface area contributed by atoms with Gasteiger partial charge in [0.25, 0.3) is 5.82 Å². The summed E-state index contributed by atoms with van der Waals surface area (Å²) in [5, 5.41) is 1.29. The first-order valence-corrected chi connectivity index (χ1v) is 6.68. The monoisotopic (exact) mass is 279 g/mol. The maximum Gasteiger partial charge on any atom is 0.293 e. The smallest absolute Gasteiger partial charge is 0.256 e. The van der Waals surface area contributed by atoms with Gasteiger partial charge in [0.2, 0.25) is 0 Å². The molecule has 0 fully saturated rings. The molecular weight excluding hydrogens is 267 g/mol. The number of rotatable bonds is 1. The predicted octanol–water partition coefficient (Wildman–Crippen LogP) is 3.37. The SMILES string of the molecule is Clc1c[nH+]c(N2CCc3ccccc3C2)c(Cl)c1.